The lowest BCUT2D eigenvalue weighted by molar-refractivity contribution is -0.136. The molecule has 3 aromatic carbocycles. The van der Waals surface area contributed by atoms with Crippen molar-refractivity contribution in [3.05, 3.63) is 77.9 Å². The maximum absolute atomic E-state index is 12.3. The Bertz CT molecular complexity index is 1270. The van der Waals surface area contributed by atoms with Crippen molar-refractivity contribution in [3.8, 4) is 17.2 Å². The van der Waals surface area contributed by atoms with Crippen LogP contribution in [-0.2, 0) is 20.8 Å². The molecule has 0 aliphatic rings. The van der Waals surface area contributed by atoms with Gasteiger partial charge in [0.25, 0.3) is 5.91 Å². The van der Waals surface area contributed by atoms with Crippen LogP contribution in [0.25, 0.3) is 0 Å². The number of para-hydroxylation sites is 1. The van der Waals surface area contributed by atoms with Crippen molar-refractivity contribution >= 4 is 35.3 Å². The Morgan fingerprint density at radius 2 is 1.62 bits per heavy atom. The van der Waals surface area contributed by atoms with Gasteiger partial charge in [-0.25, -0.2) is 5.43 Å². The van der Waals surface area contributed by atoms with Gasteiger partial charge in [0.05, 0.1) is 20.4 Å². The molecule has 3 N–H and O–H groups in total. The Morgan fingerprint density at radius 3 is 2.32 bits per heavy atom. The minimum absolute atomic E-state index is 0.207. The average Bonchev–Trinajstić information content (AvgIpc) is 2.92. The molecule has 10 heteroatoms. The fraction of sp³-hybridized carbons (Fsp3) is 0.185. The quantitative estimate of drug-likeness (QED) is 0.221. The molecule has 0 atom stereocenters. The van der Waals surface area contributed by atoms with Gasteiger partial charge >= 0.3 is 11.8 Å². The summed E-state index contributed by atoms with van der Waals surface area (Å²) in [5, 5.41) is 9.11. The lowest BCUT2D eigenvalue weighted by Gasteiger charge is -2.13. The average molecular weight is 505 g/mol. The lowest BCUT2D eigenvalue weighted by Crippen LogP contribution is -2.32. The maximum Gasteiger partial charge on any atom is 0.329 e. The van der Waals surface area contributed by atoms with Crippen LogP contribution in [0.3, 0.4) is 0 Å². The summed E-state index contributed by atoms with van der Waals surface area (Å²) in [7, 11) is 2.99. The van der Waals surface area contributed by atoms with Gasteiger partial charge < -0.3 is 24.8 Å². The van der Waals surface area contributed by atoms with E-state index in [1.165, 1.54) is 20.4 Å². The molecule has 0 aromatic heterocycles. The molecule has 0 saturated carbocycles. The zero-order chi connectivity index (χ0) is 26.6. The third-order valence-electron chi connectivity index (χ3n) is 5.15. The molecular formula is C27H28N4O6. The molecule has 0 heterocycles. The molecule has 192 valence electrons. The van der Waals surface area contributed by atoms with Gasteiger partial charge in [0, 0.05) is 11.4 Å². The molecule has 0 unspecified atom stereocenters. The maximum atomic E-state index is 12.3. The van der Waals surface area contributed by atoms with Crippen LogP contribution in [0.15, 0.2) is 71.8 Å². The van der Waals surface area contributed by atoms with Crippen LogP contribution >= 0.6 is 0 Å². The smallest absolute Gasteiger partial charge is 0.329 e. The number of carbonyl (C=O) groups excluding carboxylic acids is 3. The summed E-state index contributed by atoms with van der Waals surface area (Å²) in [4.78, 5) is 36.4. The molecule has 0 aliphatic carbocycles. The number of rotatable bonds is 10. The second-order valence-corrected chi connectivity index (χ2v) is 7.64. The van der Waals surface area contributed by atoms with Crippen LogP contribution in [0.2, 0.25) is 0 Å². The van der Waals surface area contributed by atoms with Crippen molar-refractivity contribution in [1.29, 1.82) is 0 Å². The van der Waals surface area contributed by atoms with Gasteiger partial charge in [-0.15, -0.1) is 0 Å². The zero-order valence-corrected chi connectivity index (χ0v) is 20.7. The number of methoxy groups -OCH3 is 2. The van der Waals surface area contributed by atoms with E-state index in [1.54, 1.807) is 42.5 Å². The van der Waals surface area contributed by atoms with E-state index in [-0.39, 0.29) is 12.5 Å². The van der Waals surface area contributed by atoms with E-state index in [4.69, 9.17) is 14.2 Å². The highest BCUT2D eigenvalue weighted by Gasteiger charge is 2.13. The zero-order valence-electron chi connectivity index (χ0n) is 20.7. The summed E-state index contributed by atoms with van der Waals surface area (Å²) in [6, 6.07) is 19.0. The van der Waals surface area contributed by atoms with Crippen LogP contribution in [0, 0.1) is 0 Å². The van der Waals surface area contributed by atoms with E-state index in [0.29, 0.717) is 28.5 Å². The van der Waals surface area contributed by atoms with Gasteiger partial charge in [-0.05, 0) is 66.1 Å². The Labute approximate surface area is 214 Å². The summed E-state index contributed by atoms with van der Waals surface area (Å²) < 4.78 is 16.0. The normalized spacial score (nSPS) is 10.5. The standard InChI is InChI=1S/C27H28N4O6/c1-4-19-7-5-6-8-22(19)30-25(32)17-37-23-14-9-18(15-24(23)36-3)16-28-31-27(34)26(33)29-20-10-12-21(35-2)13-11-20/h5-16H,4,17H2,1-3H3,(H,29,33)(H,30,32)(H,31,34)/b28-16-. The monoisotopic (exact) mass is 504 g/mol. The van der Waals surface area contributed by atoms with Gasteiger partial charge in [0.2, 0.25) is 0 Å². The van der Waals surface area contributed by atoms with Crippen LogP contribution < -0.4 is 30.3 Å². The van der Waals surface area contributed by atoms with Gasteiger partial charge in [0.15, 0.2) is 18.1 Å². The van der Waals surface area contributed by atoms with E-state index in [2.05, 4.69) is 21.2 Å². The van der Waals surface area contributed by atoms with Crippen molar-refractivity contribution in [2.24, 2.45) is 5.10 Å². The molecule has 0 spiro atoms. The van der Waals surface area contributed by atoms with Crippen molar-refractivity contribution in [2.45, 2.75) is 13.3 Å². The number of nitrogens with zero attached hydrogens (tertiary/aromatic N) is 1. The number of hydrazone groups is 1. The van der Waals surface area contributed by atoms with Gasteiger partial charge in [0.1, 0.15) is 5.75 Å². The minimum atomic E-state index is -0.936. The second-order valence-electron chi connectivity index (χ2n) is 7.64. The van der Waals surface area contributed by atoms with E-state index in [0.717, 1.165) is 17.7 Å². The highest BCUT2D eigenvalue weighted by molar-refractivity contribution is 6.39. The van der Waals surface area contributed by atoms with Crippen molar-refractivity contribution in [2.75, 3.05) is 31.5 Å². The highest BCUT2D eigenvalue weighted by Crippen LogP contribution is 2.27. The molecule has 3 rings (SSSR count). The Morgan fingerprint density at radius 1 is 0.865 bits per heavy atom. The minimum Gasteiger partial charge on any atom is -0.497 e. The fourth-order valence-electron chi connectivity index (χ4n) is 3.24. The first-order chi connectivity index (χ1) is 17.9. The molecule has 0 fully saturated rings. The Balaban J connectivity index is 1.52. The SMILES string of the molecule is CCc1ccccc1NC(=O)COc1ccc(/C=N\NC(=O)C(=O)Nc2ccc(OC)cc2)cc1OC. The number of hydrogen-bond donors (Lipinski definition) is 3. The number of ether oxygens (including phenoxy) is 3. The van der Waals surface area contributed by atoms with E-state index >= 15 is 0 Å². The topological polar surface area (TPSA) is 127 Å². The Kier molecular flexibility index (Phi) is 9.60. The van der Waals surface area contributed by atoms with Crippen LogP contribution in [0.1, 0.15) is 18.1 Å². The molecule has 0 aliphatic heterocycles. The first-order valence-electron chi connectivity index (χ1n) is 11.4. The number of nitrogens with one attached hydrogen (secondary N) is 3. The second kappa shape index (κ2) is 13.3. The summed E-state index contributed by atoms with van der Waals surface area (Å²) in [5.41, 5.74) is 4.95. The number of anilines is 2. The van der Waals surface area contributed by atoms with Crippen molar-refractivity contribution in [3.63, 3.8) is 0 Å². The highest BCUT2D eigenvalue weighted by atomic mass is 16.5. The molecule has 37 heavy (non-hydrogen) atoms. The van der Waals surface area contributed by atoms with Crippen LogP contribution in [-0.4, -0.2) is 44.8 Å². The predicted molar refractivity (Wildman–Crippen MR) is 140 cm³/mol. The molecule has 3 aromatic rings. The molecule has 3 amide bonds. The van der Waals surface area contributed by atoms with E-state index in [1.807, 2.05) is 31.2 Å². The van der Waals surface area contributed by atoms with Crippen molar-refractivity contribution in [1.82, 2.24) is 5.43 Å². The van der Waals surface area contributed by atoms with Crippen LogP contribution in [0.5, 0.6) is 17.2 Å². The number of carbonyl (C=O) groups is 3. The summed E-state index contributed by atoms with van der Waals surface area (Å²) in [6.45, 7) is 1.81. The number of aryl methyl sites for hydroxylation is 1. The summed E-state index contributed by atoms with van der Waals surface area (Å²) >= 11 is 0. The lowest BCUT2D eigenvalue weighted by atomic mass is 10.1. The largest absolute Gasteiger partial charge is 0.497 e. The van der Waals surface area contributed by atoms with Crippen LogP contribution in [0.4, 0.5) is 11.4 Å². The van der Waals surface area contributed by atoms with Gasteiger partial charge in [-0.3, -0.25) is 14.4 Å². The number of benzene rings is 3. The molecular weight excluding hydrogens is 476 g/mol. The van der Waals surface area contributed by atoms with E-state index in [9.17, 15) is 14.4 Å². The van der Waals surface area contributed by atoms with Gasteiger partial charge in [-0.1, -0.05) is 25.1 Å². The summed E-state index contributed by atoms with van der Waals surface area (Å²) in [5.74, 6) is -0.752. The molecule has 10 nitrogen and oxygen atoms in total. The number of hydrogen-bond acceptors (Lipinski definition) is 7. The van der Waals surface area contributed by atoms with E-state index < -0.39 is 11.8 Å². The third kappa shape index (κ3) is 7.82. The Hall–Kier alpha value is -4.86. The van der Waals surface area contributed by atoms with Crippen molar-refractivity contribution < 1.29 is 28.6 Å². The molecule has 0 bridgehead atoms. The third-order valence-corrected chi connectivity index (χ3v) is 5.15. The number of amides is 3. The molecule has 0 radical (unpaired) electrons. The van der Waals surface area contributed by atoms with Gasteiger partial charge in [-0.2, -0.15) is 5.10 Å². The molecule has 0 saturated heterocycles. The predicted octanol–water partition coefficient (Wildman–Crippen LogP) is 3.37. The first kappa shape index (κ1) is 26.7. The fourth-order valence-corrected chi connectivity index (χ4v) is 3.24. The first-order valence-corrected chi connectivity index (χ1v) is 11.4. The summed E-state index contributed by atoms with van der Waals surface area (Å²) in [6.07, 6.45) is 2.14.